The summed E-state index contributed by atoms with van der Waals surface area (Å²) in [6, 6.07) is 0. The van der Waals surface area contributed by atoms with E-state index in [1.54, 1.807) is 0 Å². The Morgan fingerprint density at radius 3 is 3.06 bits per heavy atom. The largest absolute Gasteiger partial charge is 0.374 e. The SMILES string of the molecule is CC(C)OCC(=O)C1CCOC2(CCSC2)C1. The van der Waals surface area contributed by atoms with Crippen LogP contribution in [0.3, 0.4) is 0 Å². The molecule has 0 amide bonds. The van der Waals surface area contributed by atoms with Gasteiger partial charge in [-0.05, 0) is 38.9 Å². The number of ether oxygens (including phenoxy) is 2. The summed E-state index contributed by atoms with van der Waals surface area (Å²) < 4.78 is 11.3. The third-order valence-corrected chi connectivity index (χ3v) is 4.80. The molecular weight excluding hydrogens is 236 g/mol. The van der Waals surface area contributed by atoms with Gasteiger partial charge in [0.2, 0.25) is 0 Å². The van der Waals surface area contributed by atoms with Crippen LogP contribution in [-0.2, 0) is 14.3 Å². The molecule has 0 N–H and O–H groups in total. The van der Waals surface area contributed by atoms with E-state index in [9.17, 15) is 4.79 Å². The van der Waals surface area contributed by atoms with E-state index in [2.05, 4.69) is 0 Å². The van der Waals surface area contributed by atoms with Crippen LogP contribution in [0.1, 0.15) is 33.1 Å². The van der Waals surface area contributed by atoms with Gasteiger partial charge in [0.1, 0.15) is 6.61 Å². The highest BCUT2D eigenvalue weighted by molar-refractivity contribution is 7.99. The average Bonchev–Trinajstić information content (AvgIpc) is 2.74. The summed E-state index contributed by atoms with van der Waals surface area (Å²) >= 11 is 1.94. The van der Waals surface area contributed by atoms with Gasteiger partial charge in [0.05, 0.1) is 11.7 Å². The summed E-state index contributed by atoms with van der Waals surface area (Å²) in [6.45, 7) is 4.93. The second-order valence-electron chi connectivity index (χ2n) is 5.35. The Labute approximate surface area is 108 Å². The molecule has 2 aliphatic heterocycles. The maximum atomic E-state index is 12.1. The zero-order valence-electron chi connectivity index (χ0n) is 10.7. The molecule has 0 aromatic carbocycles. The maximum Gasteiger partial charge on any atom is 0.161 e. The highest BCUT2D eigenvalue weighted by Gasteiger charge is 2.42. The topological polar surface area (TPSA) is 35.5 Å². The Morgan fingerprint density at radius 2 is 2.41 bits per heavy atom. The van der Waals surface area contributed by atoms with Gasteiger partial charge >= 0.3 is 0 Å². The Bertz CT molecular complexity index is 272. The second-order valence-corrected chi connectivity index (χ2v) is 6.46. The summed E-state index contributed by atoms with van der Waals surface area (Å²) in [4.78, 5) is 12.1. The molecule has 98 valence electrons. The molecule has 17 heavy (non-hydrogen) atoms. The van der Waals surface area contributed by atoms with E-state index < -0.39 is 0 Å². The first-order valence-electron chi connectivity index (χ1n) is 6.47. The lowest BCUT2D eigenvalue weighted by Crippen LogP contribution is -2.42. The molecule has 1 spiro atoms. The van der Waals surface area contributed by atoms with E-state index in [1.807, 2.05) is 25.6 Å². The fourth-order valence-electron chi connectivity index (χ4n) is 2.53. The van der Waals surface area contributed by atoms with Crippen LogP contribution < -0.4 is 0 Å². The molecule has 0 aromatic heterocycles. The normalized spacial score (nSPS) is 33.5. The zero-order valence-corrected chi connectivity index (χ0v) is 11.6. The smallest absolute Gasteiger partial charge is 0.161 e. The van der Waals surface area contributed by atoms with Gasteiger partial charge in [-0.1, -0.05) is 0 Å². The van der Waals surface area contributed by atoms with Gasteiger partial charge in [-0.3, -0.25) is 4.79 Å². The minimum atomic E-state index is 0.00107. The fraction of sp³-hybridized carbons (Fsp3) is 0.923. The van der Waals surface area contributed by atoms with E-state index in [4.69, 9.17) is 9.47 Å². The van der Waals surface area contributed by atoms with Crippen LogP contribution in [-0.4, -0.2) is 42.2 Å². The first kappa shape index (κ1) is 13.4. The third kappa shape index (κ3) is 3.46. The molecular formula is C13H22O3S. The van der Waals surface area contributed by atoms with Gasteiger partial charge in [0.25, 0.3) is 0 Å². The molecule has 2 saturated heterocycles. The summed E-state index contributed by atoms with van der Waals surface area (Å²) in [5.74, 6) is 2.64. The van der Waals surface area contributed by atoms with Gasteiger partial charge in [0, 0.05) is 18.3 Å². The van der Waals surface area contributed by atoms with Crippen molar-refractivity contribution in [3.63, 3.8) is 0 Å². The van der Waals surface area contributed by atoms with Crippen molar-refractivity contribution in [2.75, 3.05) is 24.7 Å². The first-order valence-corrected chi connectivity index (χ1v) is 7.63. The van der Waals surface area contributed by atoms with Crippen LogP contribution in [0, 0.1) is 5.92 Å². The molecule has 0 saturated carbocycles. The molecule has 2 unspecified atom stereocenters. The predicted octanol–water partition coefficient (Wildman–Crippen LogP) is 2.28. The van der Waals surface area contributed by atoms with Crippen molar-refractivity contribution in [2.45, 2.75) is 44.8 Å². The van der Waals surface area contributed by atoms with Crippen LogP contribution in [0.25, 0.3) is 0 Å². The molecule has 3 nitrogen and oxygen atoms in total. The zero-order chi connectivity index (χ0) is 12.3. The van der Waals surface area contributed by atoms with Crippen LogP contribution in [0.5, 0.6) is 0 Å². The number of ketones is 1. The minimum Gasteiger partial charge on any atom is -0.374 e. The molecule has 2 heterocycles. The number of thioether (sulfide) groups is 1. The Kier molecular flexibility index (Phi) is 4.50. The molecule has 0 radical (unpaired) electrons. The minimum absolute atomic E-state index is 0.00107. The van der Waals surface area contributed by atoms with E-state index in [-0.39, 0.29) is 30.0 Å². The molecule has 2 aliphatic rings. The Hall–Kier alpha value is -0.0600. The van der Waals surface area contributed by atoms with Crippen molar-refractivity contribution >= 4 is 17.5 Å². The van der Waals surface area contributed by atoms with Crippen molar-refractivity contribution < 1.29 is 14.3 Å². The standard InChI is InChI=1S/C13H22O3S/c1-10(2)15-8-12(14)11-3-5-16-13(7-11)4-6-17-9-13/h10-11H,3-9H2,1-2H3. The van der Waals surface area contributed by atoms with Gasteiger partial charge < -0.3 is 9.47 Å². The van der Waals surface area contributed by atoms with E-state index in [1.165, 1.54) is 5.75 Å². The van der Waals surface area contributed by atoms with E-state index >= 15 is 0 Å². The van der Waals surface area contributed by atoms with Crippen molar-refractivity contribution in [1.29, 1.82) is 0 Å². The van der Waals surface area contributed by atoms with Gasteiger partial charge in [-0.15, -0.1) is 0 Å². The Balaban J connectivity index is 1.86. The second kappa shape index (κ2) is 5.72. The van der Waals surface area contributed by atoms with Crippen LogP contribution in [0.4, 0.5) is 0 Å². The summed E-state index contributed by atoms with van der Waals surface area (Å²) in [5.41, 5.74) is 0.00107. The van der Waals surface area contributed by atoms with E-state index in [0.29, 0.717) is 0 Å². The van der Waals surface area contributed by atoms with Crippen molar-refractivity contribution in [1.82, 2.24) is 0 Å². The molecule has 2 atom stereocenters. The monoisotopic (exact) mass is 258 g/mol. The van der Waals surface area contributed by atoms with Crippen molar-refractivity contribution in [3.05, 3.63) is 0 Å². The first-order chi connectivity index (χ1) is 8.11. The number of rotatable bonds is 4. The summed E-state index contributed by atoms with van der Waals surface area (Å²) in [5, 5.41) is 0. The van der Waals surface area contributed by atoms with Crippen LogP contribution in [0.2, 0.25) is 0 Å². The van der Waals surface area contributed by atoms with Crippen molar-refractivity contribution in [3.8, 4) is 0 Å². The highest BCUT2D eigenvalue weighted by atomic mass is 32.2. The van der Waals surface area contributed by atoms with Gasteiger partial charge in [-0.25, -0.2) is 0 Å². The number of Topliss-reactive ketones (excluding diaryl/α,β-unsaturated/α-hetero) is 1. The third-order valence-electron chi connectivity index (χ3n) is 3.57. The van der Waals surface area contributed by atoms with Crippen LogP contribution >= 0.6 is 11.8 Å². The maximum absolute atomic E-state index is 12.1. The number of hydrogen-bond acceptors (Lipinski definition) is 4. The van der Waals surface area contributed by atoms with Crippen LogP contribution in [0.15, 0.2) is 0 Å². The van der Waals surface area contributed by atoms with Gasteiger partial charge in [0.15, 0.2) is 5.78 Å². The highest BCUT2D eigenvalue weighted by Crippen LogP contribution is 2.40. The Morgan fingerprint density at radius 1 is 1.59 bits per heavy atom. The van der Waals surface area contributed by atoms with Crippen molar-refractivity contribution in [2.24, 2.45) is 5.92 Å². The number of carbonyl (C=O) groups excluding carboxylic acids is 1. The molecule has 4 heteroatoms. The molecule has 2 fully saturated rings. The molecule has 0 bridgehead atoms. The number of carbonyl (C=O) groups is 1. The fourth-order valence-corrected chi connectivity index (χ4v) is 3.91. The quantitative estimate of drug-likeness (QED) is 0.775. The number of hydrogen-bond donors (Lipinski definition) is 0. The summed E-state index contributed by atoms with van der Waals surface area (Å²) in [7, 11) is 0. The van der Waals surface area contributed by atoms with Gasteiger partial charge in [-0.2, -0.15) is 11.8 Å². The lowest BCUT2D eigenvalue weighted by atomic mass is 9.83. The molecule has 0 aliphatic carbocycles. The lowest BCUT2D eigenvalue weighted by Gasteiger charge is -2.37. The molecule has 0 aromatic rings. The predicted molar refractivity (Wildman–Crippen MR) is 69.4 cm³/mol. The molecule has 2 rings (SSSR count). The average molecular weight is 258 g/mol. The summed E-state index contributed by atoms with van der Waals surface area (Å²) in [6.07, 6.45) is 3.01. The lowest BCUT2D eigenvalue weighted by molar-refractivity contribution is -0.139. The van der Waals surface area contributed by atoms with E-state index in [0.717, 1.165) is 31.6 Å².